The van der Waals surface area contributed by atoms with Gasteiger partial charge in [-0.1, -0.05) is 39.9 Å². The minimum absolute atomic E-state index is 0.0704. The van der Waals surface area contributed by atoms with E-state index >= 15 is 0 Å². The molecule has 1 aliphatic heterocycles. The molecule has 2 aromatic carbocycles. The van der Waals surface area contributed by atoms with Crippen molar-refractivity contribution < 1.29 is 14.4 Å². The maximum atomic E-state index is 13.3. The number of aromatic amines is 1. The lowest BCUT2D eigenvalue weighted by atomic mass is 9.69. The van der Waals surface area contributed by atoms with Crippen LogP contribution >= 0.6 is 22.6 Å². The summed E-state index contributed by atoms with van der Waals surface area (Å²) in [7, 11) is 3.21. The van der Waals surface area contributed by atoms with E-state index < -0.39 is 5.41 Å². The number of nitrogens with one attached hydrogen (secondary N) is 4. The van der Waals surface area contributed by atoms with Crippen molar-refractivity contribution in [2.24, 2.45) is 5.92 Å². The fraction of sp³-hybridized carbons (Fsp3) is 0.433. The molecule has 3 aliphatic rings. The topological polar surface area (TPSA) is 169 Å². The fourth-order valence-corrected chi connectivity index (χ4v) is 7.76. The van der Waals surface area contributed by atoms with E-state index in [0.717, 1.165) is 35.1 Å². The number of nitrogens with zero attached hydrogens (tertiary/aromatic N) is 5. The van der Waals surface area contributed by atoms with Crippen molar-refractivity contribution in [3.63, 3.8) is 0 Å². The van der Waals surface area contributed by atoms with Crippen LogP contribution in [-0.2, 0) is 23.1 Å². The summed E-state index contributed by atoms with van der Waals surface area (Å²) in [6, 6.07) is 13.5. The van der Waals surface area contributed by atoms with Crippen LogP contribution in [0.15, 0.2) is 36.4 Å². The molecule has 4 atom stereocenters. The molecule has 0 radical (unpaired) electrons. The van der Waals surface area contributed by atoms with E-state index in [1.165, 1.54) is 0 Å². The van der Waals surface area contributed by atoms with Gasteiger partial charge in [0.2, 0.25) is 5.91 Å². The second-order valence-corrected chi connectivity index (χ2v) is 12.8. The molecule has 1 unspecified atom stereocenters. The van der Waals surface area contributed by atoms with Gasteiger partial charge in [-0.05, 0) is 84.5 Å². The number of H-pyrrole nitrogens is 1. The predicted octanol–water partition coefficient (Wildman–Crippen LogP) is 1.61. The number of alkyl halides is 1. The minimum atomic E-state index is -0.914. The number of hydrogen-bond acceptors (Lipinski definition) is 8. The standard InChI is InChI=1S/C30H32IN9O3/c1-33-27(42)18-5-7-22-16(9-18)3-4-17-10-19(28(43)34-2)6-8-23(17)30(22,29-36-38-39-37-29)13-25(31)35-15-26(41)40-21(14-32)11-20-12-24(20)40/h5-10,20-21,24-25,35H,3-4,11-13,15H2,1-2H3,(H,33,42)(H,34,43)(H,36,37,38,39)/t20-,21?,24+,25+/m1/s1. The van der Waals surface area contributed by atoms with Gasteiger partial charge in [0.1, 0.15) is 6.04 Å². The number of hydrogen-bond donors (Lipinski definition) is 4. The summed E-state index contributed by atoms with van der Waals surface area (Å²) < 4.78 is -0.228. The first-order valence-corrected chi connectivity index (χ1v) is 15.6. The predicted molar refractivity (Wildman–Crippen MR) is 164 cm³/mol. The Hall–Kier alpha value is -3.90. The van der Waals surface area contributed by atoms with E-state index in [4.69, 9.17) is 0 Å². The molecule has 1 saturated carbocycles. The highest BCUT2D eigenvalue weighted by Gasteiger charge is 2.54. The van der Waals surface area contributed by atoms with Crippen LogP contribution < -0.4 is 16.0 Å². The Labute approximate surface area is 262 Å². The Morgan fingerprint density at radius 2 is 1.70 bits per heavy atom. The van der Waals surface area contributed by atoms with Gasteiger partial charge in [0.05, 0.1) is 22.1 Å². The molecule has 1 aromatic heterocycles. The van der Waals surface area contributed by atoms with E-state index in [2.05, 4.69) is 65.2 Å². The molecule has 13 heteroatoms. The van der Waals surface area contributed by atoms with E-state index in [1.54, 1.807) is 31.1 Å². The second kappa shape index (κ2) is 11.6. The van der Waals surface area contributed by atoms with Crippen LogP contribution in [0.3, 0.4) is 0 Å². The molecular formula is C30H32IN9O3. The molecule has 2 fully saturated rings. The summed E-state index contributed by atoms with van der Waals surface area (Å²) in [5, 5.41) is 33.9. The molecule has 0 spiro atoms. The summed E-state index contributed by atoms with van der Waals surface area (Å²) in [4.78, 5) is 40.2. The number of amides is 3. The molecule has 6 rings (SSSR count). The van der Waals surface area contributed by atoms with Crippen LogP contribution in [0.1, 0.15) is 68.1 Å². The molecule has 2 aliphatic carbocycles. The molecule has 3 aromatic rings. The number of halogens is 1. The maximum Gasteiger partial charge on any atom is 0.251 e. The van der Waals surface area contributed by atoms with Crippen LogP contribution in [-0.4, -0.2) is 80.0 Å². The number of tetrazole rings is 1. The van der Waals surface area contributed by atoms with Crippen LogP contribution in [0.2, 0.25) is 0 Å². The van der Waals surface area contributed by atoms with Crippen molar-refractivity contribution in [2.45, 2.75) is 53.7 Å². The van der Waals surface area contributed by atoms with Crippen LogP contribution in [0.25, 0.3) is 0 Å². The van der Waals surface area contributed by atoms with Crippen molar-refractivity contribution in [2.75, 3.05) is 20.6 Å². The first-order chi connectivity index (χ1) is 20.8. The third kappa shape index (κ3) is 5.16. The number of benzene rings is 2. The number of fused-ring (bicyclic) bond motifs is 3. The molecular weight excluding hydrogens is 661 g/mol. The van der Waals surface area contributed by atoms with E-state index in [9.17, 15) is 19.6 Å². The number of carbonyl (C=O) groups excluding carboxylic acids is 3. The lowest BCUT2D eigenvalue weighted by Crippen LogP contribution is -2.45. The SMILES string of the molecule is CNC(=O)c1ccc2c(c1)CCc1cc(C(=O)NC)ccc1C2(C[C@@H](I)NCC(=O)N1C(C#N)C[C@@H]2C[C@@H]21)c1nn[nH]n1. The second-order valence-electron chi connectivity index (χ2n) is 11.3. The summed E-state index contributed by atoms with van der Waals surface area (Å²) >= 11 is 2.30. The van der Waals surface area contributed by atoms with Gasteiger partial charge in [-0.25, -0.2) is 0 Å². The molecule has 43 heavy (non-hydrogen) atoms. The van der Waals surface area contributed by atoms with E-state index in [0.29, 0.717) is 42.1 Å². The smallest absolute Gasteiger partial charge is 0.251 e. The molecule has 1 saturated heterocycles. The summed E-state index contributed by atoms with van der Waals surface area (Å²) in [5.74, 6) is 0.470. The van der Waals surface area contributed by atoms with Crippen molar-refractivity contribution in [1.82, 2.24) is 41.5 Å². The molecule has 0 bridgehead atoms. The van der Waals surface area contributed by atoms with Gasteiger partial charge in [0.15, 0.2) is 5.82 Å². The number of aryl methyl sites for hydroxylation is 2. The average Bonchev–Trinajstić information content (AvgIpc) is 3.41. The van der Waals surface area contributed by atoms with Crippen LogP contribution in [0, 0.1) is 17.2 Å². The fourth-order valence-electron chi connectivity index (χ4n) is 6.88. The third-order valence-corrected chi connectivity index (χ3v) is 9.88. The number of rotatable bonds is 8. The lowest BCUT2D eigenvalue weighted by Gasteiger charge is -2.36. The highest BCUT2D eigenvalue weighted by Crippen LogP contribution is 2.49. The zero-order chi connectivity index (χ0) is 30.3. The Kier molecular flexibility index (Phi) is 7.91. The van der Waals surface area contributed by atoms with E-state index in [-0.39, 0.29) is 40.4 Å². The number of aromatic nitrogens is 4. The van der Waals surface area contributed by atoms with Crippen molar-refractivity contribution >= 4 is 40.3 Å². The van der Waals surface area contributed by atoms with Gasteiger partial charge < -0.3 is 15.5 Å². The van der Waals surface area contributed by atoms with Gasteiger partial charge in [-0.15, -0.1) is 10.2 Å². The minimum Gasteiger partial charge on any atom is -0.355 e. The first kappa shape index (κ1) is 29.2. The van der Waals surface area contributed by atoms with Crippen LogP contribution in [0.4, 0.5) is 0 Å². The molecule has 2 heterocycles. The van der Waals surface area contributed by atoms with E-state index in [1.807, 2.05) is 24.3 Å². The van der Waals surface area contributed by atoms with Gasteiger partial charge >= 0.3 is 0 Å². The van der Waals surface area contributed by atoms with Crippen molar-refractivity contribution in [3.05, 3.63) is 75.6 Å². The Morgan fingerprint density at radius 1 is 1.07 bits per heavy atom. The molecule has 222 valence electrons. The first-order valence-electron chi connectivity index (χ1n) is 14.3. The van der Waals surface area contributed by atoms with Gasteiger partial charge in [0, 0.05) is 31.3 Å². The monoisotopic (exact) mass is 693 g/mol. The highest BCUT2D eigenvalue weighted by molar-refractivity contribution is 14.1. The normalized spacial score (nSPS) is 21.8. The summed E-state index contributed by atoms with van der Waals surface area (Å²) in [6.45, 7) is 0.0995. The number of piperidine rings is 1. The Balaban J connectivity index is 1.41. The summed E-state index contributed by atoms with van der Waals surface area (Å²) in [5.41, 5.74) is 3.99. The lowest BCUT2D eigenvalue weighted by molar-refractivity contribution is -0.131. The van der Waals surface area contributed by atoms with Gasteiger partial charge in [-0.2, -0.15) is 10.5 Å². The van der Waals surface area contributed by atoms with Crippen molar-refractivity contribution in [1.29, 1.82) is 5.26 Å². The van der Waals surface area contributed by atoms with Gasteiger partial charge in [0.25, 0.3) is 11.8 Å². The highest BCUT2D eigenvalue weighted by atomic mass is 127. The number of likely N-dealkylation sites (tertiary alicyclic amines) is 1. The van der Waals surface area contributed by atoms with Crippen LogP contribution in [0.5, 0.6) is 0 Å². The Morgan fingerprint density at radius 3 is 2.23 bits per heavy atom. The van der Waals surface area contributed by atoms with Crippen molar-refractivity contribution in [3.8, 4) is 6.07 Å². The molecule has 12 nitrogen and oxygen atoms in total. The third-order valence-electron chi connectivity index (χ3n) is 9.00. The average molecular weight is 694 g/mol. The number of carbonyl (C=O) groups is 3. The zero-order valence-electron chi connectivity index (χ0n) is 23.9. The maximum absolute atomic E-state index is 13.3. The molecule has 4 N–H and O–H groups in total. The molecule has 3 amide bonds. The van der Waals surface area contributed by atoms with Gasteiger partial charge in [-0.3, -0.25) is 19.7 Å². The Bertz CT molecular complexity index is 1550. The largest absolute Gasteiger partial charge is 0.355 e. The number of nitriles is 1. The summed E-state index contributed by atoms with van der Waals surface area (Å²) in [6.07, 6.45) is 3.45. The zero-order valence-corrected chi connectivity index (χ0v) is 26.0. The quantitative estimate of drug-likeness (QED) is 0.157.